The van der Waals surface area contributed by atoms with Gasteiger partial charge in [0.15, 0.2) is 5.52 Å². The molecular weight excluding hydrogens is 467 g/mol. The molecule has 1 saturated carbocycles. The van der Waals surface area contributed by atoms with Gasteiger partial charge in [0.05, 0.1) is 5.71 Å². The number of fused-ring (bicyclic) bond motifs is 4. The molecule has 2 heterocycles. The number of hydrogen-bond donors (Lipinski definition) is 0. The van der Waals surface area contributed by atoms with E-state index in [2.05, 4.69) is 83.7 Å². The van der Waals surface area contributed by atoms with Crippen LogP contribution in [0.2, 0.25) is 0 Å². The molecule has 0 amide bonds. The number of aryl methyl sites for hydroxylation is 1. The largest absolute Gasteiger partial charge is 0.404 e. The number of aromatic nitrogens is 2. The summed E-state index contributed by atoms with van der Waals surface area (Å²) in [6.45, 7) is 4.49. The van der Waals surface area contributed by atoms with Crippen LogP contribution in [0.25, 0.3) is 22.2 Å². The Labute approximate surface area is 215 Å². The summed E-state index contributed by atoms with van der Waals surface area (Å²) >= 11 is 0. The number of imidazole rings is 1. The number of benzene rings is 3. The minimum atomic E-state index is 0. The molecule has 3 aromatic carbocycles. The second-order valence-electron chi connectivity index (χ2n) is 8.93. The number of nitrogens with zero attached hydrogens (tertiary/aromatic N) is 3. The Kier molecular flexibility index (Phi) is 5.67. The van der Waals surface area contributed by atoms with E-state index in [1.807, 2.05) is 12.1 Å². The summed E-state index contributed by atoms with van der Waals surface area (Å²) in [5.41, 5.74) is 8.17. The molecule has 0 unspecified atom stereocenters. The van der Waals surface area contributed by atoms with Crippen molar-refractivity contribution < 1.29 is 32.7 Å². The maximum absolute atomic E-state index is 5.13. The van der Waals surface area contributed by atoms with Crippen LogP contribution in [-0.2, 0) is 38.2 Å². The molecule has 1 aliphatic heterocycles. The van der Waals surface area contributed by atoms with Gasteiger partial charge >= 0.3 is 5.95 Å². The van der Waals surface area contributed by atoms with E-state index < -0.39 is 0 Å². The predicted molar refractivity (Wildman–Crippen MR) is 127 cm³/mol. The van der Waals surface area contributed by atoms with Gasteiger partial charge in [-0.25, -0.2) is 20.3 Å². The molecule has 4 aromatic rings. The first-order valence-corrected chi connectivity index (χ1v) is 11.3. The van der Waals surface area contributed by atoms with Crippen molar-refractivity contribution >= 4 is 28.4 Å². The topological polar surface area (TPSA) is 20.8 Å². The standard InChI is InChI=1S/C28H26N3.Y/c1-20-15-16-23(22-11-5-3-6-12-22)19-26(20)30-21(2)28(17-9-4-10-18-28)31-25-14-8-7-13-24(25)29-27(30)31;/h3,5-8,11,13-16H,4,9-10,17-18H2,1-2H3;/q-1;. The summed E-state index contributed by atoms with van der Waals surface area (Å²) < 4.78 is 4.92. The fraction of sp³-hybridized carbons (Fsp3) is 0.286. The number of rotatable bonds is 2. The molecule has 32 heavy (non-hydrogen) atoms. The van der Waals surface area contributed by atoms with Gasteiger partial charge in [-0.3, -0.25) is 0 Å². The van der Waals surface area contributed by atoms with Crippen LogP contribution in [0.5, 0.6) is 0 Å². The van der Waals surface area contributed by atoms with Gasteiger partial charge in [0.25, 0.3) is 0 Å². The normalized spacial score (nSPS) is 16.9. The van der Waals surface area contributed by atoms with E-state index in [1.54, 1.807) is 0 Å². The monoisotopic (exact) mass is 493 g/mol. The molecule has 1 aliphatic carbocycles. The van der Waals surface area contributed by atoms with Crippen LogP contribution in [-0.4, -0.2) is 15.3 Å². The van der Waals surface area contributed by atoms with Gasteiger partial charge in [-0.05, 0) is 44.7 Å². The van der Waals surface area contributed by atoms with Gasteiger partial charge in [-0.1, -0.05) is 36.0 Å². The van der Waals surface area contributed by atoms with E-state index >= 15 is 0 Å². The van der Waals surface area contributed by atoms with Crippen molar-refractivity contribution in [3.05, 3.63) is 78.4 Å². The van der Waals surface area contributed by atoms with Gasteiger partial charge in [0.2, 0.25) is 0 Å². The smallest absolute Gasteiger partial charge is 0.226 e. The Morgan fingerprint density at radius 2 is 1.69 bits per heavy atom. The average Bonchev–Trinajstić information content (AvgIpc) is 3.30. The van der Waals surface area contributed by atoms with Crippen molar-refractivity contribution in [3.8, 4) is 11.1 Å². The average molecular weight is 493 g/mol. The van der Waals surface area contributed by atoms with Crippen LogP contribution >= 0.6 is 0 Å². The molecule has 3 nitrogen and oxygen atoms in total. The van der Waals surface area contributed by atoms with Crippen LogP contribution in [0, 0.1) is 19.1 Å². The van der Waals surface area contributed by atoms with Gasteiger partial charge in [-0.2, -0.15) is 36.4 Å². The van der Waals surface area contributed by atoms with Crippen LogP contribution in [0.3, 0.4) is 0 Å². The molecule has 4 heteroatoms. The second-order valence-corrected chi connectivity index (χ2v) is 8.93. The van der Waals surface area contributed by atoms with Crippen LogP contribution in [0.15, 0.2) is 60.7 Å². The maximum atomic E-state index is 5.13. The van der Waals surface area contributed by atoms with Crippen molar-refractivity contribution in [1.82, 2.24) is 14.1 Å². The Balaban J connectivity index is 0.00000216. The summed E-state index contributed by atoms with van der Waals surface area (Å²) in [5.74, 6) is 1.04. The Morgan fingerprint density at radius 3 is 2.47 bits per heavy atom. The molecule has 0 atom stereocenters. The van der Waals surface area contributed by atoms with E-state index in [0.717, 1.165) is 28.3 Å². The zero-order valence-electron chi connectivity index (χ0n) is 18.7. The van der Waals surface area contributed by atoms with E-state index in [9.17, 15) is 0 Å². The van der Waals surface area contributed by atoms with Gasteiger partial charge in [0.1, 0.15) is 11.1 Å². The van der Waals surface area contributed by atoms with E-state index in [0.29, 0.717) is 0 Å². The van der Waals surface area contributed by atoms with Crippen molar-refractivity contribution in [2.24, 2.45) is 0 Å². The molecule has 1 fully saturated rings. The van der Waals surface area contributed by atoms with Gasteiger partial charge < -0.3 is 0 Å². The Bertz CT molecular complexity index is 1330. The van der Waals surface area contributed by atoms with E-state index in [1.165, 1.54) is 48.9 Å². The second kappa shape index (κ2) is 8.35. The summed E-state index contributed by atoms with van der Waals surface area (Å²) in [6, 6.07) is 28.1. The van der Waals surface area contributed by atoms with Crippen LogP contribution < -0.4 is 4.58 Å². The predicted octanol–water partition coefficient (Wildman–Crippen LogP) is 6.58. The molecule has 6 rings (SSSR count). The number of hydrogen-bond acceptors (Lipinski definition) is 1. The quantitative estimate of drug-likeness (QED) is 0.228. The van der Waals surface area contributed by atoms with Crippen LogP contribution in [0.4, 0.5) is 11.6 Å². The zero-order valence-corrected chi connectivity index (χ0v) is 21.6. The third-order valence-electron chi connectivity index (χ3n) is 7.21. The third kappa shape index (κ3) is 3.16. The summed E-state index contributed by atoms with van der Waals surface area (Å²) in [4.78, 5) is 5.13. The van der Waals surface area contributed by atoms with Gasteiger partial charge in [-0.15, -0.1) is 12.1 Å². The SMILES string of the molecule is CC1=[N+](c2[c-]c(-c3[c-]cccc3)ccc2C)c2nc3ccccc3n2C12CCCCC2.[Y]. The molecular formula is C28H26N3Y-. The minimum absolute atomic E-state index is 0. The van der Waals surface area contributed by atoms with E-state index in [4.69, 9.17) is 4.98 Å². The molecule has 2 aliphatic rings. The summed E-state index contributed by atoms with van der Waals surface area (Å²) in [5, 5.41) is 0. The van der Waals surface area contributed by atoms with E-state index in [-0.39, 0.29) is 38.2 Å². The maximum Gasteiger partial charge on any atom is 0.404 e. The van der Waals surface area contributed by atoms with Crippen molar-refractivity contribution in [3.63, 3.8) is 0 Å². The van der Waals surface area contributed by atoms with Gasteiger partial charge in [0, 0.05) is 38.4 Å². The Hall–Kier alpha value is -2.10. The first-order chi connectivity index (χ1) is 15.2. The first-order valence-electron chi connectivity index (χ1n) is 11.3. The van der Waals surface area contributed by atoms with Crippen molar-refractivity contribution in [1.29, 1.82) is 0 Å². The molecule has 0 saturated heterocycles. The third-order valence-corrected chi connectivity index (χ3v) is 7.21. The van der Waals surface area contributed by atoms with Crippen LogP contribution in [0.1, 0.15) is 44.6 Å². The molecule has 1 aromatic heterocycles. The minimum Gasteiger partial charge on any atom is -0.226 e. The molecule has 0 N–H and O–H groups in total. The fourth-order valence-electron chi connectivity index (χ4n) is 5.60. The van der Waals surface area contributed by atoms with Crippen molar-refractivity contribution in [2.75, 3.05) is 0 Å². The Morgan fingerprint density at radius 1 is 0.906 bits per heavy atom. The molecule has 157 valence electrons. The molecule has 0 bridgehead atoms. The van der Waals surface area contributed by atoms with Crippen molar-refractivity contribution in [2.45, 2.75) is 51.5 Å². The first kappa shape index (κ1) is 21.7. The summed E-state index contributed by atoms with van der Waals surface area (Å²) in [6.07, 6.45) is 6.20. The fourth-order valence-corrected chi connectivity index (χ4v) is 5.60. The number of para-hydroxylation sites is 2. The molecule has 1 radical (unpaired) electrons. The molecule has 1 spiro atoms. The zero-order chi connectivity index (χ0) is 21.0. The summed E-state index contributed by atoms with van der Waals surface area (Å²) in [7, 11) is 0.